The van der Waals surface area contributed by atoms with Crippen LogP contribution in [0.25, 0.3) is 17.1 Å². The van der Waals surface area contributed by atoms with Crippen LogP contribution in [0.4, 0.5) is 0 Å². The number of ether oxygens (including phenoxy) is 2. The third-order valence-electron chi connectivity index (χ3n) is 3.95. The minimum Gasteiger partial charge on any atom is -0.493 e. The fourth-order valence-corrected chi connectivity index (χ4v) is 2.56. The summed E-state index contributed by atoms with van der Waals surface area (Å²) in [7, 11) is 1.53. The zero-order valence-corrected chi connectivity index (χ0v) is 14.9. The lowest BCUT2D eigenvalue weighted by Gasteiger charge is -2.12. The number of hydrogen-bond acceptors (Lipinski definition) is 6. The summed E-state index contributed by atoms with van der Waals surface area (Å²) < 4.78 is 11.2. The molecule has 3 aromatic rings. The molecule has 0 atom stereocenters. The van der Waals surface area contributed by atoms with Crippen molar-refractivity contribution in [3.63, 3.8) is 0 Å². The van der Waals surface area contributed by atoms with Gasteiger partial charge >= 0.3 is 0 Å². The zero-order valence-electron chi connectivity index (χ0n) is 14.9. The third kappa shape index (κ3) is 4.02. The predicted octanol–water partition coefficient (Wildman–Crippen LogP) is 3.96. The second-order valence-corrected chi connectivity index (χ2v) is 5.73. The first kappa shape index (κ1) is 17.9. The number of fused-ring (bicyclic) bond motifs is 1. The molecule has 0 unspecified atom stereocenters. The first-order valence-electron chi connectivity index (χ1n) is 8.19. The van der Waals surface area contributed by atoms with E-state index in [1.54, 1.807) is 18.2 Å². The molecule has 0 fully saturated rings. The van der Waals surface area contributed by atoms with E-state index in [2.05, 4.69) is 9.97 Å². The van der Waals surface area contributed by atoms with Crippen LogP contribution in [0.1, 0.15) is 17.0 Å². The highest BCUT2D eigenvalue weighted by Gasteiger charge is 2.10. The fourth-order valence-electron chi connectivity index (χ4n) is 2.56. The topological polar surface area (TPSA) is 91.8 Å². The van der Waals surface area contributed by atoms with E-state index in [-0.39, 0.29) is 12.2 Å². The molecule has 0 aliphatic carbocycles. The minimum absolute atomic E-state index is 0.0211. The van der Waals surface area contributed by atoms with Gasteiger partial charge in [-0.05, 0) is 42.8 Å². The smallest absolute Gasteiger partial charge is 0.161 e. The molecule has 0 saturated heterocycles. The van der Waals surface area contributed by atoms with E-state index in [9.17, 15) is 0 Å². The monoisotopic (exact) mass is 356 g/mol. The Labute approximate surface area is 156 Å². The lowest BCUT2D eigenvalue weighted by Crippen LogP contribution is -2.04. The van der Waals surface area contributed by atoms with Crippen molar-refractivity contribution in [1.29, 1.82) is 10.5 Å². The molecule has 1 heterocycles. The van der Waals surface area contributed by atoms with Gasteiger partial charge < -0.3 is 9.47 Å². The molecule has 3 rings (SSSR count). The van der Waals surface area contributed by atoms with Crippen LogP contribution in [0.3, 0.4) is 0 Å². The molecule has 6 heteroatoms. The quantitative estimate of drug-likeness (QED) is 0.643. The minimum atomic E-state index is 0.0211. The molecule has 0 aliphatic heterocycles. The van der Waals surface area contributed by atoms with Crippen molar-refractivity contribution in [2.75, 3.05) is 7.11 Å². The van der Waals surface area contributed by atoms with Gasteiger partial charge in [0.2, 0.25) is 0 Å². The van der Waals surface area contributed by atoms with Gasteiger partial charge in [0.1, 0.15) is 24.3 Å². The highest BCUT2D eigenvalue weighted by atomic mass is 16.5. The SMILES string of the molecule is COc1cc(C=C(C#N)C#N)ccc1OCc1nc2ccccc2nc1C. The first-order valence-corrected chi connectivity index (χ1v) is 8.19. The Kier molecular flexibility index (Phi) is 5.30. The molecule has 1 aromatic heterocycles. The van der Waals surface area contributed by atoms with Gasteiger partial charge in [-0.2, -0.15) is 10.5 Å². The van der Waals surface area contributed by atoms with Crippen LogP contribution in [0.2, 0.25) is 0 Å². The average molecular weight is 356 g/mol. The number of hydrogen-bond donors (Lipinski definition) is 0. The van der Waals surface area contributed by atoms with Gasteiger partial charge in [-0.25, -0.2) is 9.97 Å². The van der Waals surface area contributed by atoms with Crippen molar-refractivity contribution < 1.29 is 9.47 Å². The number of nitrogens with zero attached hydrogens (tertiary/aromatic N) is 4. The molecule has 132 valence electrons. The Bertz CT molecular complexity index is 1090. The lowest BCUT2D eigenvalue weighted by atomic mass is 10.1. The number of aromatic nitrogens is 2. The zero-order chi connectivity index (χ0) is 19.2. The van der Waals surface area contributed by atoms with E-state index >= 15 is 0 Å². The number of benzene rings is 2. The molecule has 0 saturated carbocycles. The largest absolute Gasteiger partial charge is 0.493 e. The molecule has 0 radical (unpaired) electrons. The maximum Gasteiger partial charge on any atom is 0.161 e. The van der Waals surface area contributed by atoms with Crippen molar-refractivity contribution in [2.45, 2.75) is 13.5 Å². The van der Waals surface area contributed by atoms with Gasteiger partial charge in [0, 0.05) is 0 Å². The van der Waals surface area contributed by atoms with E-state index in [0.29, 0.717) is 17.1 Å². The van der Waals surface area contributed by atoms with E-state index in [4.69, 9.17) is 20.0 Å². The number of aryl methyl sites for hydroxylation is 1. The third-order valence-corrected chi connectivity index (χ3v) is 3.95. The molecule has 0 aliphatic rings. The van der Waals surface area contributed by atoms with Crippen LogP contribution in [-0.4, -0.2) is 17.1 Å². The predicted molar refractivity (Wildman–Crippen MR) is 101 cm³/mol. The van der Waals surface area contributed by atoms with Gasteiger partial charge in [0.25, 0.3) is 0 Å². The van der Waals surface area contributed by atoms with Gasteiger partial charge in [-0.15, -0.1) is 0 Å². The summed E-state index contributed by atoms with van der Waals surface area (Å²) in [6.45, 7) is 2.14. The molecule has 0 bridgehead atoms. The molecule has 0 N–H and O–H groups in total. The van der Waals surface area contributed by atoms with E-state index in [1.807, 2.05) is 43.3 Å². The molecule has 0 amide bonds. The Morgan fingerprint density at radius 2 is 1.74 bits per heavy atom. The summed E-state index contributed by atoms with van der Waals surface area (Å²) in [5, 5.41) is 17.7. The summed E-state index contributed by atoms with van der Waals surface area (Å²) in [5.74, 6) is 1.05. The summed E-state index contributed by atoms with van der Waals surface area (Å²) in [4.78, 5) is 9.17. The Balaban J connectivity index is 1.84. The second-order valence-electron chi connectivity index (χ2n) is 5.73. The number of nitriles is 2. The van der Waals surface area contributed by atoms with E-state index in [0.717, 1.165) is 22.4 Å². The molecular weight excluding hydrogens is 340 g/mol. The number of para-hydroxylation sites is 2. The summed E-state index contributed by atoms with van der Waals surface area (Å²) >= 11 is 0. The van der Waals surface area contributed by atoms with Gasteiger partial charge in [-0.3, -0.25) is 0 Å². The first-order chi connectivity index (χ1) is 13.1. The maximum absolute atomic E-state index is 8.87. The van der Waals surface area contributed by atoms with Crippen LogP contribution < -0.4 is 9.47 Å². The maximum atomic E-state index is 8.87. The molecule has 2 aromatic carbocycles. The number of methoxy groups -OCH3 is 1. The van der Waals surface area contributed by atoms with E-state index < -0.39 is 0 Å². The van der Waals surface area contributed by atoms with Crippen molar-refractivity contribution >= 4 is 17.1 Å². The van der Waals surface area contributed by atoms with Crippen LogP contribution in [0.15, 0.2) is 48.0 Å². The number of allylic oxidation sites excluding steroid dienone is 1. The van der Waals surface area contributed by atoms with Crippen molar-refractivity contribution in [1.82, 2.24) is 9.97 Å². The average Bonchev–Trinajstić information content (AvgIpc) is 2.70. The van der Waals surface area contributed by atoms with E-state index in [1.165, 1.54) is 13.2 Å². The molecule has 6 nitrogen and oxygen atoms in total. The van der Waals surface area contributed by atoms with Crippen molar-refractivity contribution in [3.05, 3.63) is 65.0 Å². The molecule has 27 heavy (non-hydrogen) atoms. The standard InChI is InChI=1S/C21H16N4O2/c1-14-19(25-18-6-4-3-5-17(18)24-14)13-27-20-8-7-15(10-21(20)26-2)9-16(11-22)12-23/h3-10H,13H2,1-2H3. The Hall–Kier alpha value is -3.90. The molecular formula is C21H16N4O2. The van der Waals surface area contributed by atoms with Crippen molar-refractivity contribution in [2.24, 2.45) is 0 Å². The summed E-state index contributed by atoms with van der Waals surface area (Å²) in [5.41, 5.74) is 3.91. The van der Waals surface area contributed by atoms with Crippen LogP contribution >= 0.6 is 0 Å². The van der Waals surface area contributed by atoms with Crippen LogP contribution in [-0.2, 0) is 6.61 Å². The molecule has 0 spiro atoms. The van der Waals surface area contributed by atoms with Gasteiger partial charge in [0.15, 0.2) is 11.5 Å². The lowest BCUT2D eigenvalue weighted by molar-refractivity contribution is 0.280. The second kappa shape index (κ2) is 7.99. The van der Waals surface area contributed by atoms with Gasteiger partial charge in [0.05, 0.1) is 29.5 Å². The highest BCUT2D eigenvalue weighted by molar-refractivity contribution is 5.74. The van der Waals surface area contributed by atoms with Crippen LogP contribution in [0.5, 0.6) is 11.5 Å². The van der Waals surface area contributed by atoms with Crippen LogP contribution in [0, 0.1) is 29.6 Å². The Morgan fingerprint density at radius 3 is 2.41 bits per heavy atom. The van der Waals surface area contributed by atoms with Crippen molar-refractivity contribution in [3.8, 4) is 23.6 Å². The highest BCUT2D eigenvalue weighted by Crippen LogP contribution is 2.29. The van der Waals surface area contributed by atoms with Gasteiger partial charge in [-0.1, -0.05) is 18.2 Å². The summed E-state index contributed by atoms with van der Waals surface area (Å²) in [6, 6.07) is 16.6. The number of rotatable bonds is 5. The summed E-state index contributed by atoms with van der Waals surface area (Å²) in [6.07, 6.45) is 1.49. The normalized spacial score (nSPS) is 9.93. The fraction of sp³-hybridized carbons (Fsp3) is 0.143. The Morgan fingerprint density at radius 1 is 1.04 bits per heavy atom.